The van der Waals surface area contributed by atoms with E-state index in [9.17, 15) is 23.6 Å². The fourth-order valence-electron chi connectivity index (χ4n) is 2.11. The number of hydrogen-bond donors (Lipinski definition) is 0. The molecule has 0 saturated heterocycles. The summed E-state index contributed by atoms with van der Waals surface area (Å²) in [5.74, 6) is -2.37. The van der Waals surface area contributed by atoms with Gasteiger partial charge in [-0.2, -0.15) is 5.26 Å². The van der Waals surface area contributed by atoms with E-state index < -0.39 is 22.6 Å². The molecule has 0 amide bonds. The van der Waals surface area contributed by atoms with Gasteiger partial charge in [0, 0.05) is 12.5 Å². The van der Waals surface area contributed by atoms with Crippen LogP contribution in [-0.4, -0.2) is 10.4 Å². The molecule has 0 spiro atoms. The Balaban J connectivity index is 2.76. The van der Waals surface area contributed by atoms with E-state index in [1.807, 2.05) is 6.07 Å². The zero-order valence-corrected chi connectivity index (χ0v) is 15.0. The molecule has 1 aromatic heterocycles. The molecule has 1 aromatic carbocycles. The van der Waals surface area contributed by atoms with Crippen LogP contribution in [0.4, 0.5) is 8.78 Å². The minimum atomic E-state index is -1.02. The van der Waals surface area contributed by atoms with Crippen molar-refractivity contribution < 1.29 is 13.6 Å². The third kappa shape index (κ3) is 3.74. The van der Waals surface area contributed by atoms with E-state index in [-0.39, 0.29) is 20.6 Å². The van der Waals surface area contributed by atoms with Crippen molar-refractivity contribution in [3.05, 3.63) is 54.9 Å². The minimum Gasteiger partial charge on any atom is -0.301 e. The molecule has 0 atom stereocenters. The maximum Gasteiger partial charge on any atom is 0.268 e. The van der Waals surface area contributed by atoms with Gasteiger partial charge in [0.05, 0.1) is 4.53 Å². The number of halogens is 2. The van der Waals surface area contributed by atoms with Gasteiger partial charge in [-0.05, 0) is 23.8 Å². The predicted octanol–water partition coefficient (Wildman–Crippen LogP) is 1.84. The highest BCUT2D eigenvalue weighted by atomic mass is 32.1. The van der Waals surface area contributed by atoms with Crippen LogP contribution in [0.5, 0.6) is 0 Å². The van der Waals surface area contributed by atoms with Gasteiger partial charge >= 0.3 is 0 Å². The Labute approximate surface area is 147 Å². The normalized spacial score (nSPS) is 13.6. The summed E-state index contributed by atoms with van der Waals surface area (Å²) in [6.07, 6.45) is 1.40. The van der Waals surface area contributed by atoms with Crippen LogP contribution in [0.2, 0.25) is 0 Å². The second-order valence-corrected chi connectivity index (χ2v) is 7.55. The molecule has 130 valence electrons. The van der Waals surface area contributed by atoms with E-state index >= 15 is 0 Å². The van der Waals surface area contributed by atoms with Gasteiger partial charge in [0.15, 0.2) is 17.4 Å². The number of rotatable bonds is 2. The highest BCUT2D eigenvalue weighted by molar-refractivity contribution is 7.07. The molecule has 7 heteroatoms. The maximum atomic E-state index is 13.3. The van der Waals surface area contributed by atoms with Gasteiger partial charge < -0.3 is 4.57 Å². The quantitative estimate of drug-likeness (QED) is 0.819. The van der Waals surface area contributed by atoms with Gasteiger partial charge in [0.2, 0.25) is 0 Å². The van der Waals surface area contributed by atoms with E-state index in [4.69, 9.17) is 0 Å². The van der Waals surface area contributed by atoms with Crippen molar-refractivity contribution in [3.8, 4) is 6.07 Å². The fraction of sp³-hybridized carbons (Fsp3) is 0.278. The van der Waals surface area contributed by atoms with Crippen LogP contribution < -0.4 is 14.8 Å². The number of benzene rings is 1. The van der Waals surface area contributed by atoms with Crippen molar-refractivity contribution in [3.63, 3.8) is 0 Å². The molecular formula is C18H16F2N2O2S. The van der Waals surface area contributed by atoms with Crippen molar-refractivity contribution >= 4 is 28.8 Å². The van der Waals surface area contributed by atoms with Gasteiger partial charge in [-0.1, -0.05) is 26.8 Å². The molecule has 0 unspecified atom stereocenters. The number of aromatic nitrogens is 1. The molecular weight excluding hydrogens is 346 g/mol. The lowest BCUT2D eigenvalue weighted by Crippen LogP contribution is -2.32. The molecule has 4 nitrogen and oxygen atoms in total. The second-order valence-electron chi connectivity index (χ2n) is 6.52. The van der Waals surface area contributed by atoms with Gasteiger partial charge in [-0.3, -0.25) is 9.59 Å². The Kier molecular flexibility index (Phi) is 5.04. The minimum absolute atomic E-state index is 0.0953. The van der Waals surface area contributed by atoms with E-state index in [0.717, 1.165) is 23.5 Å². The molecule has 1 heterocycles. The van der Waals surface area contributed by atoms with Gasteiger partial charge in [0.1, 0.15) is 16.3 Å². The summed E-state index contributed by atoms with van der Waals surface area (Å²) < 4.78 is 28.0. The third-order valence-electron chi connectivity index (χ3n) is 3.50. The summed E-state index contributed by atoms with van der Waals surface area (Å²) in [4.78, 5) is 24.8. The Morgan fingerprint density at radius 2 is 1.92 bits per heavy atom. The second kappa shape index (κ2) is 6.73. The molecule has 0 saturated carbocycles. The highest BCUT2D eigenvalue weighted by Gasteiger charge is 2.26. The number of hydrogen-bond acceptors (Lipinski definition) is 4. The van der Waals surface area contributed by atoms with Crippen LogP contribution >= 0.6 is 11.3 Å². The summed E-state index contributed by atoms with van der Waals surface area (Å²) in [7, 11) is 1.46. The Bertz CT molecular complexity index is 1070. The monoisotopic (exact) mass is 362 g/mol. The molecule has 0 radical (unpaired) electrons. The summed E-state index contributed by atoms with van der Waals surface area (Å²) in [6, 6.07) is 5.16. The lowest BCUT2D eigenvalue weighted by Gasteiger charge is -2.15. The lowest BCUT2D eigenvalue weighted by atomic mass is 9.87. The van der Waals surface area contributed by atoms with Gasteiger partial charge in [0.25, 0.3) is 5.56 Å². The molecule has 0 aliphatic heterocycles. The Hall–Kier alpha value is -2.59. The first kappa shape index (κ1) is 18.7. The summed E-state index contributed by atoms with van der Waals surface area (Å²) >= 11 is 0.966. The van der Waals surface area contributed by atoms with Crippen molar-refractivity contribution in [2.45, 2.75) is 20.8 Å². The first-order valence-corrected chi connectivity index (χ1v) is 8.19. The highest BCUT2D eigenvalue weighted by Crippen LogP contribution is 2.19. The van der Waals surface area contributed by atoms with E-state index in [1.165, 1.54) is 23.8 Å². The maximum absolute atomic E-state index is 13.3. The van der Waals surface area contributed by atoms with Crippen LogP contribution in [0.1, 0.15) is 26.3 Å². The Morgan fingerprint density at radius 1 is 1.28 bits per heavy atom. The summed E-state index contributed by atoms with van der Waals surface area (Å²) in [5.41, 5.74) is -0.971. The average molecular weight is 362 g/mol. The van der Waals surface area contributed by atoms with Crippen molar-refractivity contribution in [1.82, 2.24) is 4.57 Å². The molecule has 0 N–H and O–H groups in total. The lowest BCUT2D eigenvalue weighted by molar-refractivity contribution is -0.120. The number of nitriles is 1. The third-order valence-corrected chi connectivity index (χ3v) is 4.69. The fourth-order valence-corrected chi connectivity index (χ4v) is 3.20. The van der Waals surface area contributed by atoms with Gasteiger partial charge in [-0.25, -0.2) is 8.78 Å². The molecule has 2 rings (SSSR count). The van der Waals surface area contributed by atoms with E-state index in [2.05, 4.69) is 0 Å². The largest absolute Gasteiger partial charge is 0.301 e. The molecule has 0 aliphatic rings. The molecule has 0 bridgehead atoms. The zero-order chi connectivity index (χ0) is 18.9. The van der Waals surface area contributed by atoms with Crippen LogP contribution in [0.15, 0.2) is 23.0 Å². The molecule has 0 aliphatic carbocycles. The SMILES string of the molecule is Cn1c(=C(C#N)C(=O)C(C)(C)C)sc(=Cc2ccc(F)c(F)c2)c1=O. The first-order chi connectivity index (χ1) is 11.6. The number of Topliss-reactive ketones (excluding diaryl/α,β-unsaturated/α-hetero) is 1. The number of ketones is 1. The molecule has 0 fully saturated rings. The molecule has 25 heavy (non-hydrogen) atoms. The van der Waals surface area contributed by atoms with Crippen LogP contribution in [-0.2, 0) is 11.8 Å². The number of thiazole rings is 1. The van der Waals surface area contributed by atoms with Crippen LogP contribution in [0.3, 0.4) is 0 Å². The zero-order valence-electron chi connectivity index (χ0n) is 14.2. The van der Waals surface area contributed by atoms with Crippen molar-refractivity contribution in [2.75, 3.05) is 0 Å². The Morgan fingerprint density at radius 3 is 2.44 bits per heavy atom. The average Bonchev–Trinajstić information content (AvgIpc) is 2.79. The first-order valence-electron chi connectivity index (χ1n) is 7.38. The predicted molar refractivity (Wildman–Crippen MR) is 92.2 cm³/mol. The number of nitrogens with zero attached hydrogens (tertiary/aromatic N) is 2. The topological polar surface area (TPSA) is 62.9 Å². The van der Waals surface area contributed by atoms with E-state index in [1.54, 1.807) is 20.8 Å². The summed E-state index contributed by atoms with van der Waals surface area (Å²) in [6.45, 7) is 5.06. The standard InChI is InChI=1S/C18H16F2N2O2S/c1-18(2,3)15(23)11(9-21)17-22(4)16(24)14(25-17)8-10-5-6-12(19)13(20)7-10/h5-8H,1-4H3. The van der Waals surface area contributed by atoms with E-state index in [0.29, 0.717) is 5.56 Å². The smallest absolute Gasteiger partial charge is 0.268 e. The summed E-state index contributed by atoms with van der Waals surface area (Å²) in [5, 5.41) is 9.38. The van der Waals surface area contributed by atoms with Gasteiger partial charge in [-0.15, -0.1) is 11.3 Å². The van der Waals surface area contributed by atoms with Crippen LogP contribution in [0, 0.1) is 28.4 Å². The number of carbonyl (C=O) groups excluding carboxylic acids is 1. The van der Waals surface area contributed by atoms with Crippen LogP contribution in [0.25, 0.3) is 11.6 Å². The molecule has 2 aromatic rings. The number of carbonyl (C=O) groups is 1. The van der Waals surface area contributed by atoms with Crippen molar-refractivity contribution in [1.29, 1.82) is 5.26 Å². The van der Waals surface area contributed by atoms with Crippen molar-refractivity contribution in [2.24, 2.45) is 12.5 Å².